The molecule has 0 aliphatic rings. The summed E-state index contributed by atoms with van der Waals surface area (Å²) < 4.78 is 42.0. The van der Waals surface area contributed by atoms with Crippen LogP contribution in [0.15, 0.2) is 30.7 Å². The van der Waals surface area contributed by atoms with Crippen LogP contribution in [0, 0.1) is 24.4 Å². The number of halogens is 3. The Bertz CT molecular complexity index is 886. The molecule has 2 aromatic heterocycles. The molecular formula is C16H15F3N6. The molecule has 0 aliphatic carbocycles. The molecule has 3 aromatic rings. The zero-order chi connectivity index (χ0) is 18.0. The fourth-order valence-electron chi connectivity index (χ4n) is 2.21. The maximum Gasteiger partial charge on any atom is 0.229 e. The first kappa shape index (κ1) is 16.7. The van der Waals surface area contributed by atoms with Gasteiger partial charge in [0.05, 0.1) is 11.9 Å². The molecule has 0 bridgehead atoms. The van der Waals surface area contributed by atoms with Crippen molar-refractivity contribution in [3.8, 4) is 0 Å². The zero-order valence-electron chi connectivity index (χ0n) is 13.5. The minimum Gasteiger partial charge on any atom is -0.365 e. The monoisotopic (exact) mass is 348 g/mol. The molecule has 1 aromatic carbocycles. The minimum atomic E-state index is -0.958. The highest BCUT2D eigenvalue weighted by atomic mass is 19.1. The predicted molar refractivity (Wildman–Crippen MR) is 86.9 cm³/mol. The molecule has 0 saturated heterocycles. The molecule has 130 valence electrons. The molecule has 9 heteroatoms. The van der Waals surface area contributed by atoms with Gasteiger partial charge in [0.15, 0.2) is 0 Å². The molecule has 0 amide bonds. The summed E-state index contributed by atoms with van der Waals surface area (Å²) in [6.07, 6.45) is 4.94. The van der Waals surface area contributed by atoms with Crippen molar-refractivity contribution >= 4 is 17.5 Å². The van der Waals surface area contributed by atoms with Crippen LogP contribution >= 0.6 is 0 Å². The Balaban J connectivity index is 1.77. The average Bonchev–Trinajstić information content (AvgIpc) is 2.94. The van der Waals surface area contributed by atoms with Crippen LogP contribution in [0.4, 0.5) is 30.6 Å². The Labute approximate surface area is 141 Å². The number of aromatic nitrogens is 4. The highest BCUT2D eigenvalue weighted by molar-refractivity contribution is 5.54. The number of aryl methyl sites for hydroxylation is 2. The molecule has 0 spiro atoms. The van der Waals surface area contributed by atoms with Gasteiger partial charge in [0.25, 0.3) is 0 Å². The van der Waals surface area contributed by atoms with E-state index in [1.165, 1.54) is 0 Å². The van der Waals surface area contributed by atoms with E-state index >= 15 is 0 Å². The van der Waals surface area contributed by atoms with E-state index in [9.17, 15) is 13.2 Å². The van der Waals surface area contributed by atoms with Crippen molar-refractivity contribution in [3.05, 3.63) is 59.3 Å². The van der Waals surface area contributed by atoms with Gasteiger partial charge in [-0.25, -0.2) is 18.2 Å². The second kappa shape index (κ2) is 6.80. The second-order valence-corrected chi connectivity index (χ2v) is 5.45. The Hall–Kier alpha value is -3.10. The molecule has 0 fully saturated rings. The third-order valence-electron chi connectivity index (χ3n) is 3.47. The first-order chi connectivity index (χ1) is 11.9. The molecule has 6 nitrogen and oxygen atoms in total. The van der Waals surface area contributed by atoms with E-state index in [-0.39, 0.29) is 12.1 Å². The van der Waals surface area contributed by atoms with Crippen molar-refractivity contribution < 1.29 is 13.2 Å². The number of nitrogens with zero attached hydrogens (tertiary/aromatic N) is 4. The summed E-state index contributed by atoms with van der Waals surface area (Å²) in [5.41, 5.74) is 1.13. The van der Waals surface area contributed by atoms with E-state index < -0.39 is 17.5 Å². The topological polar surface area (TPSA) is 67.7 Å². The van der Waals surface area contributed by atoms with Gasteiger partial charge >= 0.3 is 0 Å². The van der Waals surface area contributed by atoms with Gasteiger partial charge in [0.2, 0.25) is 5.95 Å². The summed E-state index contributed by atoms with van der Waals surface area (Å²) in [4.78, 5) is 8.43. The fourth-order valence-corrected chi connectivity index (χ4v) is 2.21. The van der Waals surface area contributed by atoms with E-state index in [0.29, 0.717) is 35.1 Å². The fraction of sp³-hybridized carbons (Fsp3) is 0.188. The molecule has 0 aliphatic heterocycles. The first-order valence-corrected chi connectivity index (χ1v) is 7.39. The predicted octanol–water partition coefficient (Wildman–Crippen LogP) is 3.29. The lowest BCUT2D eigenvalue weighted by Gasteiger charge is -2.11. The molecule has 2 N–H and O–H groups in total. The molecule has 3 rings (SSSR count). The molecule has 0 saturated carbocycles. The van der Waals surface area contributed by atoms with Gasteiger partial charge in [0.1, 0.15) is 23.3 Å². The third-order valence-corrected chi connectivity index (χ3v) is 3.47. The van der Waals surface area contributed by atoms with Gasteiger partial charge in [-0.05, 0) is 6.92 Å². The van der Waals surface area contributed by atoms with Crippen LogP contribution in [-0.2, 0) is 13.6 Å². The standard InChI is InChI=1S/C16H15F3N6/c1-9-5-21-16(23-11-6-22-25(2)8-11)24-15(9)20-7-12-13(18)3-10(17)4-14(12)19/h3-6,8H,7H2,1-2H3,(H2,20,21,23,24). The SMILES string of the molecule is Cc1cnc(Nc2cnn(C)c2)nc1NCc1c(F)cc(F)cc1F. The Morgan fingerprint density at radius 3 is 2.48 bits per heavy atom. The molecule has 0 atom stereocenters. The molecule has 25 heavy (non-hydrogen) atoms. The van der Waals surface area contributed by atoms with Crippen molar-refractivity contribution in [2.45, 2.75) is 13.5 Å². The maximum absolute atomic E-state index is 13.7. The van der Waals surface area contributed by atoms with E-state index in [1.807, 2.05) is 0 Å². The van der Waals surface area contributed by atoms with Crippen LogP contribution in [0.2, 0.25) is 0 Å². The number of anilines is 3. The van der Waals surface area contributed by atoms with Crippen LogP contribution in [-0.4, -0.2) is 19.7 Å². The molecule has 0 unspecified atom stereocenters. The lowest BCUT2D eigenvalue weighted by atomic mass is 10.2. The maximum atomic E-state index is 13.7. The lowest BCUT2D eigenvalue weighted by molar-refractivity contribution is 0.526. The van der Waals surface area contributed by atoms with Crippen molar-refractivity contribution in [2.75, 3.05) is 10.6 Å². The van der Waals surface area contributed by atoms with E-state index in [4.69, 9.17) is 0 Å². The average molecular weight is 348 g/mol. The van der Waals surface area contributed by atoms with Crippen LogP contribution < -0.4 is 10.6 Å². The Morgan fingerprint density at radius 1 is 1.12 bits per heavy atom. The van der Waals surface area contributed by atoms with Crippen molar-refractivity contribution in [2.24, 2.45) is 7.05 Å². The minimum absolute atomic E-state index is 0.178. The molecule has 2 heterocycles. The highest BCUT2D eigenvalue weighted by Gasteiger charge is 2.12. The smallest absolute Gasteiger partial charge is 0.229 e. The first-order valence-electron chi connectivity index (χ1n) is 7.39. The van der Waals surface area contributed by atoms with Gasteiger partial charge in [-0.3, -0.25) is 4.68 Å². The molecule has 0 radical (unpaired) electrons. The van der Waals surface area contributed by atoms with Crippen molar-refractivity contribution in [1.82, 2.24) is 19.7 Å². The van der Waals surface area contributed by atoms with Crippen LogP contribution in [0.1, 0.15) is 11.1 Å². The number of rotatable bonds is 5. The highest BCUT2D eigenvalue weighted by Crippen LogP contribution is 2.19. The summed E-state index contributed by atoms with van der Waals surface area (Å²) in [5.74, 6) is -2.15. The summed E-state index contributed by atoms with van der Waals surface area (Å²) in [5, 5.41) is 9.85. The van der Waals surface area contributed by atoms with Gasteiger partial charge in [0, 0.05) is 49.2 Å². The van der Waals surface area contributed by atoms with Gasteiger partial charge < -0.3 is 10.6 Å². The molecular weight excluding hydrogens is 333 g/mol. The summed E-state index contributed by atoms with van der Waals surface area (Å²) in [7, 11) is 1.78. The number of hydrogen-bond acceptors (Lipinski definition) is 5. The summed E-state index contributed by atoms with van der Waals surface area (Å²) in [6, 6.07) is 1.28. The normalized spacial score (nSPS) is 10.8. The summed E-state index contributed by atoms with van der Waals surface area (Å²) >= 11 is 0. The quantitative estimate of drug-likeness (QED) is 0.741. The van der Waals surface area contributed by atoms with Crippen molar-refractivity contribution in [3.63, 3.8) is 0 Å². The Kier molecular flexibility index (Phi) is 4.55. The van der Waals surface area contributed by atoms with Gasteiger partial charge in [-0.15, -0.1) is 0 Å². The van der Waals surface area contributed by atoms with Crippen LogP contribution in [0.5, 0.6) is 0 Å². The summed E-state index contributed by atoms with van der Waals surface area (Å²) in [6.45, 7) is 1.58. The van der Waals surface area contributed by atoms with Crippen molar-refractivity contribution in [1.29, 1.82) is 0 Å². The Morgan fingerprint density at radius 2 is 1.84 bits per heavy atom. The van der Waals surface area contributed by atoms with Gasteiger partial charge in [-0.1, -0.05) is 0 Å². The number of hydrogen-bond donors (Lipinski definition) is 2. The van der Waals surface area contributed by atoms with E-state index in [2.05, 4.69) is 25.7 Å². The largest absolute Gasteiger partial charge is 0.365 e. The van der Waals surface area contributed by atoms with Crippen LogP contribution in [0.25, 0.3) is 0 Å². The number of benzene rings is 1. The third kappa shape index (κ3) is 3.87. The zero-order valence-corrected chi connectivity index (χ0v) is 13.5. The van der Waals surface area contributed by atoms with Crippen LogP contribution in [0.3, 0.4) is 0 Å². The van der Waals surface area contributed by atoms with Gasteiger partial charge in [-0.2, -0.15) is 10.1 Å². The number of nitrogens with one attached hydrogen (secondary N) is 2. The van der Waals surface area contributed by atoms with E-state index in [0.717, 1.165) is 0 Å². The van der Waals surface area contributed by atoms with E-state index in [1.54, 1.807) is 37.2 Å². The lowest BCUT2D eigenvalue weighted by Crippen LogP contribution is -2.09. The second-order valence-electron chi connectivity index (χ2n) is 5.45.